The van der Waals surface area contributed by atoms with E-state index in [9.17, 15) is 4.79 Å². The molecule has 3 aromatic rings. The highest BCUT2D eigenvalue weighted by atomic mass is 32.1. The van der Waals surface area contributed by atoms with E-state index in [1.807, 2.05) is 31.2 Å². The highest BCUT2D eigenvalue weighted by Crippen LogP contribution is 2.24. The minimum Gasteiger partial charge on any atom is -0.360 e. The van der Waals surface area contributed by atoms with Gasteiger partial charge in [-0.1, -0.05) is 43.4 Å². The van der Waals surface area contributed by atoms with E-state index in [0.29, 0.717) is 12.5 Å². The molecule has 24 heavy (non-hydrogen) atoms. The Morgan fingerprint density at radius 2 is 2.08 bits per heavy atom. The van der Waals surface area contributed by atoms with Crippen molar-refractivity contribution in [2.45, 2.75) is 39.7 Å². The average molecular weight is 342 g/mol. The lowest BCUT2D eigenvalue weighted by Crippen LogP contribution is -2.13. The summed E-state index contributed by atoms with van der Waals surface area (Å²) in [6, 6.07) is 8.24. The number of carbonyl (C=O) groups is 1. The summed E-state index contributed by atoms with van der Waals surface area (Å²) in [7, 11) is 0. The number of carbonyl (C=O) groups excluding carboxylic acids is 1. The fraction of sp³-hybridized carbons (Fsp3) is 0.389. The lowest BCUT2D eigenvalue weighted by Gasteiger charge is -2.08. The monoisotopic (exact) mass is 342 g/mol. The predicted molar refractivity (Wildman–Crippen MR) is 98.8 cm³/mol. The van der Waals surface area contributed by atoms with E-state index in [1.54, 1.807) is 6.20 Å². The Kier molecular flexibility index (Phi) is 4.94. The number of para-hydroxylation sites is 1. The van der Waals surface area contributed by atoms with Crippen LogP contribution in [0.15, 0.2) is 30.5 Å². The van der Waals surface area contributed by atoms with Crippen molar-refractivity contribution < 1.29 is 4.79 Å². The summed E-state index contributed by atoms with van der Waals surface area (Å²) in [5, 5.41) is 14.4. The maximum atomic E-state index is 12.8. The second-order valence-corrected chi connectivity index (χ2v) is 7.23. The first kappa shape index (κ1) is 16.6. The third-order valence-electron chi connectivity index (χ3n) is 4.23. The molecule has 2 unspecified atom stereocenters. The lowest BCUT2D eigenvalue weighted by molar-refractivity contribution is 0.0931. The normalized spacial score (nSPS) is 13.8. The molecule has 0 aliphatic heterocycles. The van der Waals surface area contributed by atoms with Crippen LogP contribution in [0.2, 0.25) is 0 Å². The van der Waals surface area contributed by atoms with Gasteiger partial charge in [0.15, 0.2) is 5.78 Å². The summed E-state index contributed by atoms with van der Waals surface area (Å²) in [5.74, 6) is 0.00712. The number of Topliss-reactive ketones (excluding diaryl/α,β-unsaturated/α-hetero) is 1. The standard InChI is InChI=1S/C18H22N4OS/c1-4-12(3)20-18-22-21-16(24-18)9-11(2)17(23)14-10-19-15-8-6-5-7-13(14)15/h5-8,10-12,19H,4,9H2,1-3H3,(H,20,22). The first-order valence-corrected chi connectivity index (χ1v) is 9.09. The number of fused-ring (bicyclic) bond motifs is 1. The Morgan fingerprint density at radius 3 is 2.88 bits per heavy atom. The topological polar surface area (TPSA) is 70.7 Å². The van der Waals surface area contributed by atoms with Crippen LogP contribution < -0.4 is 5.32 Å². The van der Waals surface area contributed by atoms with Crippen molar-refractivity contribution in [2.24, 2.45) is 5.92 Å². The van der Waals surface area contributed by atoms with E-state index in [1.165, 1.54) is 11.3 Å². The van der Waals surface area contributed by atoms with Crippen molar-refractivity contribution >= 4 is 33.2 Å². The summed E-state index contributed by atoms with van der Waals surface area (Å²) in [6.07, 6.45) is 3.45. The van der Waals surface area contributed by atoms with Crippen LogP contribution in [-0.2, 0) is 6.42 Å². The Labute approximate surface area is 145 Å². The molecule has 3 rings (SSSR count). The van der Waals surface area contributed by atoms with E-state index in [4.69, 9.17) is 0 Å². The molecule has 2 heterocycles. The molecule has 0 fully saturated rings. The second kappa shape index (κ2) is 7.13. The zero-order valence-corrected chi connectivity index (χ0v) is 15.0. The van der Waals surface area contributed by atoms with Gasteiger partial charge < -0.3 is 10.3 Å². The van der Waals surface area contributed by atoms with E-state index < -0.39 is 0 Å². The molecule has 2 N–H and O–H groups in total. The Morgan fingerprint density at radius 1 is 1.29 bits per heavy atom. The van der Waals surface area contributed by atoms with Crippen molar-refractivity contribution in [1.82, 2.24) is 15.2 Å². The van der Waals surface area contributed by atoms with Crippen LogP contribution in [0, 0.1) is 5.92 Å². The van der Waals surface area contributed by atoms with Gasteiger partial charge in [0.2, 0.25) is 5.13 Å². The Bertz CT molecular complexity index is 838. The number of benzene rings is 1. The minimum atomic E-state index is -0.131. The largest absolute Gasteiger partial charge is 0.360 e. The fourth-order valence-electron chi connectivity index (χ4n) is 2.60. The van der Waals surface area contributed by atoms with Crippen molar-refractivity contribution in [3.63, 3.8) is 0 Å². The molecule has 5 nitrogen and oxygen atoms in total. The van der Waals surface area contributed by atoms with Crippen LogP contribution >= 0.6 is 11.3 Å². The lowest BCUT2D eigenvalue weighted by atomic mass is 9.96. The average Bonchev–Trinajstić information content (AvgIpc) is 3.20. The third kappa shape index (κ3) is 3.48. The number of rotatable bonds is 7. The van der Waals surface area contributed by atoms with Crippen LogP contribution in [0.4, 0.5) is 5.13 Å². The molecule has 0 bridgehead atoms. The summed E-state index contributed by atoms with van der Waals surface area (Å²) in [5.41, 5.74) is 1.74. The van der Waals surface area contributed by atoms with E-state index in [2.05, 4.69) is 34.3 Å². The molecule has 0 amide bonds. The van der Waals surface area contributed by atoms with Crippen LogP contribution in [0.1, 0.15) is 42.6 Å². The summed E-state index contributed by atoms with van der Waals surface area (Å²) in [4.78, 5) is 15.9. The maximum absolute atomic E-state index is 12.8. The smallest absolute Gasteiger partial charge is 0.205 e. The molecule has 2 aromatic heterocycles. The first-order chi connectivity index (χ1) is 11.6. The summed E-state index contributed by atoms with van der Waals surface area (Å²) in [6.45, 7) is 6.19. The van der Waals surface area contributed by atoms with E-state index in [-0.39, 0.29) is 11.7 Å². The van der Waals surface area contributed by atoms with Gasteiger partial charge >= 0.3 is 0 Å². The number of hydrogen-bond donors (Lipinski definition) is 2. The maximum Gasteiger partial charge on any atom is 0.205 e. The molecule has 0 spiro atoms. The van der Waals surface area contributed by atoms with Crippen molar-refractivity contribution in [1.29, 1.82) is 0 Å². The number of ketones is 1. The van der Waals surface area contributed by atoms with Crippen LogP contribution in [0.5, 0.6) is 0 Å². The van der Waals surface area contributed by atoms with Crippen molar-refractivity contribution in [2.75, 3.05) is 5.32 Å². The molecule has 0 radical (unpaired) electrons. The number of aromatic amines is 1. The van der Waals surface area contributed by atoms with Gasteiger partial charge in [-0.2, -0.15) is 0 Å². The number of H-pyrrole nitrogens is 1. The van der Waals surface area contributed by atoms with Gasteiger partial charge in [0.25, 0.3) is 0 Å². The van der Waals surface area contributed by atoms with E-state index >= 15 is 0 Å². The van der Waals surface area contributed by atoms with Crippen LogP contribution in [-0.4, -0.2) is 27.0 Å². The van der Waals surface area contributed by atoms with Crippen molar-refractivity contribution in [3.8, 4) is 0 Å². The zero-order chi connectivity index (χ0) is 17.1. The van der Waals surface area contributed by atoms with Gasteiger partial charge in [0.1, 0.15) is 5.01 Å². The molecule has 0 aliphatic carbocycles. The zero-order valence-electron chi connectivity index (χ0n) is 14.2. The number of nitrogens with zero attached hydrogens (tertiary/aromatic N) is 2. The van der Waals surface area contributed by atoms with Gasteiger partial charge in [-0.05, 0) is 19.4 Å². The molecular weight excluding hydrogens is 320 g/mol. The van der Waals surface area contributed by atoms with Gasteiger partial charge in [-0.15, -0.1) is 10.2 Å². The van der Waals surface area contributed by atoms with Gasteiger partial charge in [0.05, 0.1) is 0 Å². The van der Waals surface area contributed by atoms with Gasteiger partial charge in [0, 0.05) is 41.0 Å². The minimum absolute atomic E-state index is 0.131. The number of aromatic nitrogens is 3. The van der Waals surface area contributed by atoms with Gasteiger partial charge in [-0.3, -0.25) is 4.79 Å². The number of anilines is 1. The second-order valence-electron chi connectivity index (χ2n) is 6.17. The van der Waals surface area contributed by atoms with Crippen molar-refractivity contribution in [3.05, 3.63) is 41.0 Å². The first-order valence-electron chi connectivity index (χ1n) is 8.27. The predicted octanol–water partition coefficient (Wildman–Crippen LogP) is 4.29. The van der Waals surface area contributed by atoms with E-state index in [0.717, 1.165) is 33.0 Å². The highest BCUT2D eigenvalue weighted by molar-refractivity contribution is 7.15. The molecule has 2 atom stereocenters. The molecule has 1 aromatic carbocycles. The van der Waals surface area contributed by atoms with Gasteiger partial charge in [-0.25, -0.2) is 0 Å². The molecule has 0 aliphatic rings. The number of nitrogens with one attached hydrogen (secondary N) is 2. The SMILES string of the molecule is CCC(C)Nc1nnc(CC(C)C(=O)c2c[nH]c3ccccc23)s1. The molecular formula is C18H22N4OS. The molecule has 0 saturated carbocycles. The Hall–Kier alpha value is -2.21. The summed E-state index contributed by atoms with van der Waals surface area (Å²) >= 11 is 1.53. The molecule has 126 valence electrons. The quantitative estimate of drug-likeness (QED) is 0.628. The molecule has 6 heteroatoms. The van der Waals surface area contributed by atoms with Crippen LogP contribution in [0.25, 0.3) is 10.9 Å². The molecule has 0 saturated heterocycles. The highest BCUT2D eigenvalue weighted by Gasteiger charge is 2.20. The van der Waals surface area contributed by atoms with Crippen LogP contribution in [0.3, 0.4) is 0 Å². The third-order valence-corrected chi connectivity index (χ3v) is 5.11. The fourth-order valence-corrected chi connectivity index (χ4v) is 3.58. The summed E-state index contributed by atoms with van der Waals surface area (Å²) < 4.78 is 0. The Balaban J connectivity index is 1.70. The number of hydrogen-bond acceptors (Lipinski definition) is 5.